The van der Waals surface area contributed by atoms with Gasteiger partial charge in [-0.15, -0.1) is 0 Å². The van der Waals surface area contributed by atoms with Gasteiger partial charge in [0.25, 0.3) is 17.2 Å². The second kappa shape index (κ2) is 10.5. The Kier molecular flexibility index (Phi) is 7.24. The van der Waals surface area contributed by atoms with Crippen LogP contribution in [0.4, 0.5) is 5.69 Å². The van der Waals surface area contributed by atoms with E-state index in [1.54, 1.807) is 33.7 Å². The number of nitro benzene ring substituents is 1. The van der Waals surface area contributed by atoms with E-state index < -0.39 is 11.0 Å². The number of para-hydroxylation sites is 1. The Labute approximate surface area is 209 Å². The molecule has 0 saturated heterocycles. The van der Waals surface area contributed by atoms with Gasteiger partial charge >= 0.3 is 0 Å². The van der Waals surface area contributed by atoms with Crippen molar-refractivity contribution in [1.82, 2.24) is 14.5 Å². The summed E-state index contributed by atoms with van der Waals surface area (Å²) in [7, 11) is 0. The lowest BCUT2D eigenvalue weighted by Gasteiger charge is -2.31. The summed E-state index contributed by atoms with van der Waals surface area (Å²) < 4.78 is 1.58. The topological polar surface area (TPSA) is 98.3 Å². The van der Waals surface area contributed by atoms with Crippen LogP contribution in [0.5, 0.6) is 0 Å². The summed E-state index contributed by atoms with van der Waals surface area (Å²) >= 11 is 0. The monoisotopic (exact) mass is 484 g/mol. The second-order valence-corrected chi connectivity index (χ2v) is 8.47. The van der Waals surface area contributed by atoms with E-state index in [-0.39, 0.29) is 22.7 Å². The van der Waals surface area contributed by atoms with Crippen LogP contribution in [0.1, 0.15) is 55.0 Å². The van der Waals surface area contributed by atoms with Crippen molar-refractivity contribution in [3.63, 3.8) is 0 Å². The summed E-state index contributed by atoms with van der Waals surface area (Å²) in [4.78, 5) is 44.6. The first-order valence-corrected chi connectivity index (χ1v) is 12.1. The Morgan fingerprint density at radius 2 is 1.75 bits per heavy atom. The van der Waals surface area contributed by atoms with E-state index in [1.807, 2.05) is 44.2 Å². The number of amides is 1. The Hall–Kier alpha value is -4.33. The van der Waals surface area contributed by atoms with Crippen molar-refractivity contribution in [2.24, 2.45) is 0 Å². The van der Waals surface area contributed by atoms with Crippen molar-refractivity contribution >= 4 is 22.5 Å². The van der Waals surface area contributed by atoms with Gasteiger partial charge in [-0.2, -0.15) is 0 Å². The van der Waals surface area contributed by atoms with Crippen molar-refractivity contribution in [3.05, 3.63) is 110 Å². The van der Waals surface area contributed by atoms with Crippen LogP contribution in [0.2, 0.25) is 0 Å². The van der Waals surface area contributed by atoms with Crippen molar-refractivity contribution in [1.29, 1.82) is 0 Å². The molecule has 0 aliphatic carbocycles. The van der Waals surface area contributed by atoms with E-state index in [0.717, 1.165) is 12.0 Å². The molecule has 0 fully saturated rings. The Morgan fingerprint density at radius 3 is 2.39 bits per heavy atom. The lowest BCUT2D eigenvalue weighted by molar-refractivity contribution is -0.384. The number of aryl methyl sites for hydroxylation is 1. The zero-order chi connectivity index (χ0) is 25.8. The molecular formula is C28H28N4O4. The molecule has 8 nitrogen and oxygen atoms in total. The van der Waals surface area contributed by atoms with Gasteiger partial charge in [0.1, 0.15) is 5.82 Å². The first-order valence-electron chi connectivity index (χ1n) is 12.1. The van der Waals surface area contributed by atoms with Crippen LogP contribution in [0, 0.1) is 10.1 Å². The SMILES string of the molecule is CCc1ccc(-n2c(C(CC)N(CC)C(=O)c3cccc([N+](=O)[O-])c3)nc3ccccc3c2=O)cc1. The minimum Gasteiger partial charge on any atom is -0.329 e. The number of fused-ring (bicyclic) bond motifs is 1. The highest BCUT2D eigenvalue weighted by atomic mass is 16.6. The number of nitro groups is 1. The lowest BCUT2D eigenvalue weighted by atomic mass is 10.1. The molecule has 8 heteroatoms. The van der Waals surface area contributed by atoms with Gasteiger partial charge in [0.15, 0.2) is 0 Å². The predicted molar refractivity (Wildman–Crippen MR) is 140 cm³/mol. The molecular weight excluding hydrogens is 456 g/mol. The van der Waals surface area contributed by atoms with Crippen LogP contribution >= 0.6 is 0 Å². The van der Waals surface area contributed by atoms with Crippen molar-refractivity contribution < 1.29 is 9.72 Å². The quantitative estimate of drug-likeness (QED) is 0.244. The number of benzene rings is 3. The summed E-state index contributed by atoms with van der Waals surface area (Å²) in [5.74, 6) is 0.0921. The molecule has 0 aliphatic heterocycles. The van der Waals surface area contributed by atoms with Gasteiger partial charge in [-0.25, -0.2) is 4.98 Å². The average molecular weight is 485 g/mol. The number of non-ortho nitro benzene ring substituents is 1. The van der Waals surface area contributed by atoms with Gasteiger partial charge in [-0.1, -0.05) is 44.2 Å². The van der Waals surface area contributed by atoms with Gasteiger partial charge in [0, 0.05) is 24.2 Å². The molecule has 1 heterocycles. The summed E-state index contributed by atoms with van der Waals surface area (Å²) in [5.41, 5.74) is 2.22. The third-order valence-electron chi connectivity index (χ3n) is 6.37. The van der Waals surface area contributed by atoms with Gasteiger partial charge in [-0.05, 0) is 55.7 Å². The molecule has 36 heavy (non-hydrogen) atoms. The number of hydrogen-bond acceptors (Lipinski definition) is 5. The molecule has 0 N–H and O–H groups in total. The van der Waals surface area contributed by atoms with Crippen LogP contribution in [0.25, 0.3) is 16.6 Å². The van der Waals surface area contributed by atoms with E-state index >= 15 is 0 Å². The number of hydrogen-bond donors (Lipinski definition) is 0. The highest BCUT2D eigenvalue weighted by molar-refractivity contribution is 5.95. The third-order valence-corrected chi connectivity index (χ3v) is 6.37. The maximum Gasteiger partial charge on any atom is 0.270 e. The van der Waals surface area contributed by atoms with E-state index in [4.69, 9.17) is 4.98 Å². The molecule has 4 aromatic rings. The van der Waals surface area contributed by atoms with E-state index in [1.165, 1.54) is 18.2 Å². The molecule has 3 aromatic carbocycles. The zero-order valence-electron chi connectivity index (χ0n) is 20.5. The minimum absolute atomic E-state index is 0.151. The molecule has 184 valence electrons. The summed E-state index contributed by atoms with van der Waals surface area (Å²) in [6, 6.07) is 20.1. The highest BCUT2D eigenvalue weighted by Gasteiger charge is 2.29. The fourth-order valence-corrected chi connectivity index (χ4v) is 4.47. The van der Waals surface area contributed by atoms with Crippen LogP contribution in [-0.4, -0.2) is 31.8 Å². The average Bonchev–Trinajstić information content (AvgIpc) is 2.91. The van der Waals surface area contributed by atoms with Crippen LogP contribution in [0.3, 0.4) is 0 Å². The lowest BCUT2D eigenvalue weighted by Crippen LogP contribution is -2.38. The molecule has 1 aromatic heterocycles. The first kappa shape index (κ1) is 24.8. The first-order chi connectivity index (χ1) is 17.4. The molecule has 1 amide bonds. The Morgan fingerprint density at radius 1 is 1.03 bits per heavy atom. The fourth-order valence-electron chi connectivity index (χ4n) is 4.47. The van der Waals surface area contributed by atoms with Gasteiger partial charge < -0.3 is 4.90 Å². The van der Waals surface area contributed by atoms with Crippen LogP contribution in [0.15, 0.2) is 77.6 Å². The zero-order valence-corrected chi connectivity index (χ0v) is 20.5. The van der Waals surface area contributed by atoms with E-state index in [0.29, 0.717) is 35.4 Å². The molecule has 1 atom stereocenters. The molecule has 0 aliphatic rings. The summed E-state index contributed by atoms with van der Waals surface area (Å²) in [6.07, 6.45) is 1.36. The van der Waals surface area contributed by atoms with Gasteiger partial charge in [0.2, 0.25) is 0 Å². The Bertz CT molecular complexity index is 1480. The Balaban J connectivity index is 1.90. The molecule has 0 radical (unpaired) electrons. The largest absolute Gasteiger partial charge is 0.329 e. The summed E-state index contributed by atoms with van der Waals surface area (Å²) in [5, 5.41) is 11.8. The summed E-state index contributed by atoms with van der Waals surface area (Å²) in [6.45, 7) is 6.17. The van der Waals surface area contributed by atoms with E-state index in [2.05, 4.69) is 6.92 Å². The molecule has 4 rings (SSSR count). The standard InChI is InChI=1S/C28H28N4O4/c1-4-19-14-16-21(17-15-19)31-26(29-24-13-8-7-12-23(24)28(31)34)25(5-2)30(6-3)27(33)20-10-9-11-22(18-20)32(35)36/h7-18,25H,4-6H2,1-3H3. The number of rotatable bonds is 8. The molecule has 0 bridgehead atoms. The molecule has 0 saturated carbocycles. The maximum atomic E-state index is 13.7. The fraction of sp³-hybridized carbons (Fsp3) is 0.250. The van der Waals surface area contributed by atoms with E-state index in [9.17, 15) is 19.7 Å². The third kappa shape index (κ3) is 4.62. The number of aromatic nitrogens is 2. The number of nitrogens with zero attached hydrogens (tertiary/aromatic N) is 4. The van der Waals surface area contributed by atoms with Crippen molar-refractivity contribution in [3.8, 4) is 5.69 Å². The van der Waals surface area contributed by atoms with Gasteiger partial charge in [0.05, 0.1) is 27.6 Å². The predicted octanol–water partition coefficient (Wildman–Crippen LogP) is 5.47. The number of carbonyl (C=O) groups is 1. The van der Waals surface area contributed by atoms with Crippen molar-refractivity contribution in [2.45, 2.75) is 39.7 Å². The normalized spacial score (nSPS) is 11.9. The van der Waals surface area contributed by atoms with Gasteiger partial charge in [-0.3, -0.25) is 24.3 Å². The van der Waals surface area contributed by atoms with Crippen molar-refractivity contribution in [2.75, 3.05) is 6.54 Å². The highest BCUT2D eigenvalue weighted by Crippen LogP contribution is 2.28. The van der Waals surface area contributed by atoms with Crippen LogP contribution in [-0.2, 0) is 6.42 Å². The second-order valence-electron chi connectivity index (χ2n) is 8.47. The number of carbonyl (C=O) groups excluding carboxylic acids is 1. The minimum atomic E-state index is -0.537. The van der Waals surface area contributed by atoms with Crippen LogP contribution < -0.4 is 5.56 Å². The maximum absolute atomic E-state index is 13.7. The molecule has 0 spiro atoms. The molecule has 1 unspecified atom stereocenters. The smallest absolute Gasteiger partial charge is 0.270 e.